The van der Waals surface area contributed by atoms with E-state index in [1.807, 2.05) is 18.2 Å². The minimum atomic E-state index is 0.526. The van der Waals surface area contributed by atoms with Gasteiger partial charge in [-0.25, -0.2) is 0 Å². The summed E-state index contributed by atoms with van der Waals surface area (Å²) in [5.41, 5.74) is 4.82. The predicted molar refractivity (Wildman–Crippen MR) is 96.1 cm³/mol. The Kier molecular flexibility index (Phi) is 3.83. The molecule has 1 N–H and O–H groups in total. The summed E-state index contributed by atoms with van der Waals surface area (Å²) in [7, 11) is 0. The molecule has 5 heteroatoms. The quantitative estimate of drug-likeness (QED) is 0.791. The Labute approximate surface area is 141 Å². The number of fused-ring (bicyclic) bond motifs is 1. The lowest BCUT2D eigenvalue weighted by molar-refractivity contribution is 0.919. The Morgan fingerprint density at radius 3 is 2.83 bits per heavy atom. The fraction of sp³-hybridized carbons (Fsp3) is 0.211. The summed E-state index contributed by atoms with van der Waals surface area (Å²) in [5.74, 6) is 1.35. The highest BCUT2D eigenvalue weighted by molar-refractivity contribution is 5.68. The molecule has 0 aliphatic carbocycles. The zero-order chi connectivity index (χ0) is 16.4. The molecule has 3 aromatic rings. The standard InChI is InChI=1S/C19H19N5/c1-2-14-7-3-5-9-16(14)21-19-22-18(13-20-23-19)24-12-11-15-8-4-6-10-17(15)24/h3-10,13H,2,11-12H2,1H3,(H,21,22,23). The molecule has 4 rings (SSSR count). The maximum Gasteiger partial charge on any atom is 0.249 e. The van der Waals surface area contributed by atoms with Gasteiger partial charge in [0, 0.05) is 17.9 Å². The number of hydrogen-bond donors (Lipinski definition) is 1. The van der Waals surface area contributed by atoms with Crippen molar-refractivity contribution in [3.05, 3.63) is 65.9 Å². The summed E-state index contributed by atoms with van der Waals surface area (Å²) >= 11 is 0. The van der Waals surface area contributed by atoms with Gasteiger partial charge in [0.15, 0.2) is 5.82 Å². The Morgan fingerprint density at radius 2 is 1.92 bits per heavy atom. The zero-order valence-electron chi connectivity index (χ0n) is 13.6. The molecule has 0 spiro atoms. The van der Waals surface area contributed by atoms with Gasteiger partial charge in [0.05, 0.1) is 6.20 Å². The van der Waals surface area contributed by atoms with E-state index in [9.17, 15) is 0 Å². The number of nitrogens with one attached hydrogen (secondary N) is 1. The van der Waals surface area contributed by atoms with Crippen LogP contribution in [0.15, 0.2) is 54.7 Å². The summed E-state index contributed by atoms with van der Waals surface area (Å²) in [6.07, 6.45) is 3.70. The van der Waals surface area contributed by atoms with Crippen LogP contribution in [0.5, 0.6) is 0 Å². The van der Waals surface area contributed by atoms with Crippen molar-refractivity contribution in [1.29, 1.82) is 0 Å². The third-order valence-electron chi connectivity index (χ3n) is 4.35. The lowest BCUT2D eigenvalue weighted by Gasteiger charge is -2.18. The van der Waals surface area contributed by atoms with Crippen LogP contribution in [0.1, 0.15) is 18.1 Å². The first kappa shape index (κ1) is 14.6. The molecule has 1 aliphatic rings. The summed E-state index contributed by atoms with van der Waals surface area (Å²) < 4.78 is 0. The number of nitrogens with zero attached hydrogens (tertiary/aromatic N) is 4. The Hall–Kier alpha value is -2.95. The van der Waals surface area contributed by atoms with Crippen molar-refractivity contribution in [2.45, 2.75) is 19.8 Å². The van der Waals surface area contributed by atoms with E-state index in [4.69, 9.17) is 0 Å². The van der Waals surface area contributed by atoms with Crippen LogP contribution >= 0.6 is 0 Å². The number of aryl methyl sites for hydroxylation is 1. The molecule has 0 radical (unpaired) electrons. The molecule has 0 bridgehead atoms. The molecule has 0 fully saturated rings. The average molecular weight is 317 g/mol. The second-order valence-corrected chi connectivity index (χ2v) is 5.80. The van der Waals surface area contributed by atoms with Crippen molar-refractivity contribution >= 4 is 23.1 Å². The van der Waals surface area contributed by atoms with Gasteiger partial charge in [0.1, 0.15) is 0 Å². The average Bonchev–Trinajstić information content (AvgIpc) is 3.06. The van der Waals surface area contributed by atoms with Crippen LogP contribution in [0, 0.1) is 0 Å². The van der Waals surface area contributed by atoms with Crippen molar-refractivity contribution in [2.24, 2.45) is 0 Å². The van der Waals surface area contributed by atoms with Gasteiger partial charge in [-0.1, -0.05) is 43.3 Å². The highest BCUT2D eigenvalue weighted by Gasteiger charge is 2.21. The first-order valence-corrected chi connectivity index (χ1v) is 8.25. The van der Waals surface area contributed by atoms with Gasteiger partial charge in [-0.2, -0.15) is 10.1 Å². The fourth-order valence-electron chi connectivity index (χ4n) is 3.13. The summed E-state index contributed by atoms with van der Waals surface area (Å²) in [5, 5.41) is 11.6. The molecule has 0 saturated carbocycles. The van der Waals surface area contributed by atoms with E-state index in [1.54, 1.807) is 6.20 Å². The highest BCUT2D eigenvalue weighted by Crippen LogP contribution is 2.33. The van der Waals surface area contributed by atoms with Crippen LogP contribution in [0.4, 0.5) is 23.1 Å². The Morgan fingerprint density at radius 1 is 1.08 bits per heavy atom. The van der Waals surface area contributed by atoms with Crippen molar-refractivity contribution in [1.82, 2.24) is 15.2 Å². The largest absolute Gasteiger partial charge is 0.324 e. The van der Waals surface area contributed by atoms with Gasteiger partial charge in [-0.3, -0.25) is 0 Å². The van der Waals surface area contributed by atoms with Crippen molar-refractivity contribution in [3.63, 3.8) is 0 Å². The number of anilines is 4. The summed E-state index contributed by atoms with van der Waals surface area (Å²) in [4.78, 5) is 6.86. The second-order valence-electron chi connectivity index (χ2n) is 5.80. The molecule has 2 aromatic carbocycles. The van der Waals surface area contributed by atoms with Gasteiger partial charge in [-0.15, -0.1) is 5.10 Å². The van der Waals surface area contributed by atoms with E-state index in [2.05, 4.69) is 62.7 Å². The maximum atomic E-state index is 4.67. The van der Waals surface area contributed by atoms with E-state index >= 15 is 0 Å². The zero-order valence-corrected chi connectivity index (χ0v) is 13.6. The van der Waals surface area contributed by atoms with E-state index in [0.717, 1.165) is 30.9 Å². The summed E-state index contributed by atoms with van der Waals surface area (Å²) in [6.45, 7) is 3.06. The van der Waals surface area contributed by atoms with Crippen LogP contribution in [0.2, 0.25) is 0 Å². The minimum Gasteiger partial charge on any atom is -0.324 e. The number of para-hydroxylation sites is 2. The molecule has 5 nitrogen and oxygen atoms in total. The molecule has 120 valence electrons. The molecule has 1 aliphatic heterocycles. The molecule has 24 heavy (non-hydrogen) atoms. The number of aromatic nitrogens is 3. The lowest BCUT2D eigenvalue weighted by Crippen LogP contribution is -2.16. The molecular weight excluding hydrogens is 298 g/mol. The second kappa shape index (κ2) is 6.28. The smallest absolute Gasteiger partial charge is 0.249 e. The van der Waals surface area contributed by atoms with Crippen LogP contribution < -0.4 is 10.2 Å². The van der Waals surface area contributed by atoms with Gasteiger partial charge in [0.2, 0.25) is 5.95 Å². The summed E-state index contributed by atoms with van der Waals surface area (Å²) in [6, 6.07) is 16.6. The molecule has 2 heterocycles. The molecule has 1 aromatic heterocycles. The van der Waals surface area contributed by atoms with Gasteiger partial charge >= 0.3 is 0 Å². The van der Waals surface area contributed by atoms with Crippen molar-refractivity contribution in [2.75, 3.05) is 16.8 Å². The number of hydrogen-bond acceptors (Lipinski definition) is 5. The normalized spacial score (nSPS) is 13.0. The van der Waals surface area contributed by atoms with Crippen LogP contribution in [-0.4, -0.2) is 21.7 Å². The number of rotatable bonds is 4. The highest BCUT2D eigenvalue weighted by atomic mass is 15.3. The monoisotopic (exact) mass is 317 g/mol. The van der Waals surface area contributed by atoms with Gasteiger partial charge in [-0.05, 0) is 36.1 Å². The Balaban J connectivity index is 1.63. The third kappa shape index (κ3) is 2.69. The van der Waals surface area contributed by atoms with Gasteiger partial charge in [0.25, 0.3) is 0 Å². The minimum absolute atomic E-state index is 0.526. The molecule has 0 saturated heterocycles. The van der Waals surface area contributed by atoms with Crippen molar-refractivity contribution < 1.29 is 0 Å². The van der Waals surface area contributed by atoms with E-state index in [0.29, 0.717) is 5.95 Å². The van der Waals surface area contributed by atoms with E-state index in [-0.39, 0.29) is 0 Å². The van der Waals surface area contributed by atoms with E-state index in [1.165, 1.54) is 16.8 Å². The number of benzene rings is 2. The maximum absolute atomic E-state index is 4.67. The predicted octanol–water partition coefficient (Wildman–Crippen LogP) is 3.87. The fourth-order valence-corrected chi connectivity index (χ4v) is 3.13. The van der Waals surface area contributed by atoms with Crippen LogP contribution in [0.3, 0.4) is 0 Å². The molecule has 0 unspecified atom stereocenters. The molecule has 0 atom stereocenters. The van der Waals surface area contributed by atoms with Crippen LogP contribution in [0.25, 0.3) is 0 Å². The van der Waals surface area contributed by atoms with E-state index < -0.39 is 0 Å². The lowest BCUT2D eigenvalue weighted by atomic mass is 10.1. The first-order chi connectivity index (χ1) is 11.8. The van der Waals surface area contributed by atoms with Crippen molar-refractivity contribution in [3.8, 4) is 0 Å². The topological polar surface area (TPSA) is 53.9 Å². The van der Waals surface area contributed by atoms with Crippen LogP contribution in [-0.2, 0) is 12.8 Å². The van der Waals surface area contributed by atoms with Gasteiger partial charge < -0.3 is 10.2 Å². The third-order valence-corrected chi connectivity index (χ3v) is 4.35. The first-order valence-electron chi connectivity index (χ1n) is 8.25. The molecular formula is C19H19N5. The molecule has 0 amide bonds. The Bertz CT molecular complexity index is 862. The SMILES string of the molecule is CCc1ccccc1Nc1nncc(N2CCc3ccccc32)n1.